The highest BCUT2D eigenvalue weighted by atomic mass is 79.9. The average Bonchev–Trinajstić information content (AvgIpc) is 3.08. The van der Waals surface area contributed by atoms with Crippen LogP contribution in [0.2, 0.25) is 0 Å². The van der Waals surface area contributed by atoms with Gasteiger partial charge in [0.15, 0.2) is 0 Å². The first-order valence-corrected chi connectivity index (χ1v) is 11.0. The maximum Gasteiger partial charge on any atom is 0.268 e. The number of halogens is 1. The molecular formula is C22H19BrN2O2S. The van der Waals surface area contributed by atoms with Crippen LogP contribution in [0.25, 0.3) is 22.0 Å². The van der Waals surface area contributed by atoms with Crippen molar-refractivity contribution < 1.29 is 8.42 Å². The first-order chi connectivity index (χ1) is 13.4. The molecule has 0 spiro atoms. The second-order valence-electron chi connectivity index (χ2n) is 6.76. The highest BCUT2D eigenvalue weighted by molar-refractivity contribution is 9.10. The van der Waals surface area contributed by atoms with Gasteiger partial charge in [-0.25, -0.2) is 12.4 Å². The molecule has 0 radical (unpaired) electrons. The van der Waals surface area contributed by atoms with Gasteiger partial charge in [0.2, 0.25) is 0 Å². The Bertz CT molecular complexity index is 1250. The fourth-order valence-electron chi connectivity index (χ4n) is 3.25. The van der Waals surface area contributed by atoms with Crippen molar-refractivity contribution in [3.05, 3.63) is 83.5 Å². The quantitative estimate of drug-likeness (QED) is 0.415. The lowest BCUT2D eigenvalue weighted by molar-refractivity contribution is 0.589. The SMILES string of the molecule is CN(C)c1ccc(-c2cn(S(=O)(=O)c3ccccc3)c3ccc(Br)cc23)cc1. The van der Waals surface area contributed by atoms with Gasteiger partial charge in [-0.15, -0.1) is 0 Å². The summed E-state index contributed by atoms with van der Waals surface area (Å²) in [6, 6.07) is 22.3. The van der Waals surface area contributed by atoms with E-state index in [9.17, 15) is 8.42 Å². The van der Waals surface area contributed by atoms with Crippen LogP contribution in [0.3, 0.4) is 0 Å². The second-order valence-corrected chi connectivity index (χ2v) is 9.49. The number of benzene rings is 3. The van der Waals surface area contributed by atoms with Crippen LogP contribution in [0.15, 0.2) is 88.4 Å². The van der Waals surface area contributed by atoms with Gasteiger partial charge in [0.1, 0.15) is 0 Å². The average molecular weight is 455 g/mol. The van der Waals surface area contributed by atoms with Gasteiger partial charge < -0.3 is 4.90 Å². The lowest BCUT2D eigenvalue weighted by atomic mass is 10.0. The number of fused-ring (bicyclic) bond motifs is 1. The molecule has 0 amide bonds. The highest BCUT2D eigenvalue weighted by Gasteiger charge is 2.21. The first kappa shape index (κ1) is 18.8. The Hall–Kier alpha value is -2.57. The largest absolute Gasteiger partial charge is 0.378 e. The molecule has 3 aromatic carbocycles. The lowest BCUT2D eigenvalue weighted by Crippen LogP contribution is -2.11. The molecule has 142 valence electrons. The topological polar surface area (TPSA) is 42.3 Å². The molecule has 0 saturated heterocycles. The fourth-order valence-corrected chi connectivity index (χ4v) is 5.00. The molecule has 4 rings (SSSR count). The van der Waals surface area contributed by atoms with Crippen molar-refractivity contribution in [3.8, 4) is 11.1 Å². The number of anilines is 1. The molecule has 4 aromatic rings. The van der Waals surface area contributed by atoms with Crippen molar-refractivity contribution in [2.75, 3.05) is 19.0 Å². The summed E-state index contributed by atoms with van der Waals surface area (Å²) in [5, 5.41) is 0.881. The Kier molecular flexibility index (Phi) is 4.77. The van der Waals surface area contributed by atoms with Gasteiger partial charge in [0.05, 0.1) is 10.4 Å². The summed E-state index contributed by atoms with van der Waals surface area (Å²) >= 11 is 3.51. The van der Waals surface area contributed by atoms with E-state index in [1.165, 1.54) is 3.97 Å². The zero-order valence-electron chi connectivity index (χ0n) is 15.5. The van der Waals surface area contributed by atoms with Crippen LogP contribution in [0, 0.1) is 0 Å². The van der Waals surface area contributed by atoms with E-state index < -0.39 is 10.0 Å². The standard InChI is InChI=1S/C22H19BrN2O2S/c1-24(2)18-11-8-16(9-12-18)21-15-25(22-13-10-17(23)14-20(21)22)28(26,27)19-6-4-3-5-7-19/h3-15H,1-2H3. The maximum absolute atomic E-state index is 13.3. The van der Waals surface area contributed by atoms with Crippen molar-refractivity contribution in [2.24, 2.45) is 0 Å². The molecule has 1 heterocycles. The van der Waals surface area contributed by atoms with Crippen LogP contribution >= 0.6 is 15.9 Å². The van der Waals surface area contributed by atoms with Crippen LogP contribution in [-0.2, 0) is 10.0 Å². The van der Waals surface area contributed by atoms with Crippen LogP contribution in [0.4, 0.5) is 5.69 Å². The number of rotatable bonds is 4. The van der Waals surface area contributed by atoms with Crippen LogP contribution < -0.4 is 4.90 Å². The van der Waals surface area contributed by atoms with Gasteiger partial charge in [0, 0.05) is 41.4 Å². The van der Waals surface area contributed by atoms with Gasteiger partial charge in [-0.1, -0.05) is 46.3 Å². The Morgan fingerprint density at radius 2 is 1.57 bits per heavy atom. The fraction of sp³-hybridized carbons (Fsp3) is 0.0909. The predicted octanol–water partition coefficient (Wildman–Crippen LogP) is 5.37. The van der Waals surface area contributed by atoms with Gasteiger partial charge in [-0.05, 0) is 48.0 Å². The zero-order valence-corrected chi connectivity index (χ0v) is 17.9. The molecule has 6 heteroatoms. The molecule has 28 heavy (non-hydrogen) atoms. The van der Waals surface area contributed by atoms with E-state index in [0.29, 0.717) is 5.52 Å². The van der Waals surface area contributed by atoms with Crippen LogP contribution in [0.5, 0.6) is 0 Å². The van der Waals surface area contributed by atoms with Crippen molar-refractivity contribution in [1.82, 2.24) is 3.97 Å². The molecule has 0 saturated carbocycles. The predicted molar refractivity (Wildman–Crippen MR) is 118 cm³/mol. The molecule has 0 atom stereocenters. The van der Waals surface area contributed by atoms with Gasteiger partial charge >= 0.3 is 0 Å². The number of hydrogen-bond acceptors (Lipinski definition) is 3. The van der Waals surface area contributed by atoms with Crippen LogP contribution in [0.1, 0.15) is 0 Å². The summed E-state index contributed by atoms with van der Waals surface area (Å²) in [6.45, 7) is 0. The summed E-state index contributed by atoms with van der Waals surface area (Å²) in [5.74, 6) is 0. The number of aromatic nitrogens is 1. The van der Waals surface area contributed by atoms with Crippen molar-refractivity contribution >= 4 is 42.5 Å². The minimum atomic E-state index is -3.69. The summed E-state index contributed by atoms with van der Waals surface area (Å²) in [6.07, 6.45) is 1.71. The van der Waals surface area contributed by atoms with E-state index in [1.807, 2.05) is 67.5 Å². The van der Waals surface area contributed by atoms with Gasteiger partial charge in [-0.2, -0.15) is 0 Å². The summed E-state index contributed by atoms with van der Waals surface area (Å²) in [4.78, 5) is 2.30. The van der Waals surface area contributed by atoms with Crippen molar-refractivity contribution in [3.63, 3.8) is 0 Å². The summed E-state index contributed by atoms with van der Waals surface area (Å²) in [7, 11) is 0.287. The third kappa shape index (κ3) is 3.23. The molecule has 0 N–H and O–H groups in total. The third-order valence-corrected chi connectivity index (χ3v) is 6.91. The molecule has 0 fully saturated rings. The van der Waals surface area contributed by atoms with E-state index in [0.717, 1.165) is 26.7 Å². The Balaban J connectivity index is 1.95. The van der Waals surface area contributed by atoms with Gasteiger partial charge in [-0.3, -0.25) is 0 Å². The van der Waals surface area contributed by atoms with E-state index in [2.05, 4.69) is 15.9 Å². The third-order valence-electron chi connectivity index (χ3n) is 4.73. The van der Waals surface area contributed by atoms with Crippen molar-refractivity contribution in [1.29, 1.82) is 0 Å². The second kappa shape index (κ2) is 7.11. The van der Waals surface area contributed by atoms with E-state index in [4.69, 9.17) is 0 Å². The molecule has 0 aliphatic rings. The molecule has 1 aromatic heterocycles. The Morgan fingerprint density at radius 3 is 2.21 bits per heavy atom. The molecular weight excluding hydrogens is 436 g/mol. The Morgan fingerprint density at radius 1 is 0.893 bits per heavy atom. The minimum absolute atomic E-state index is 0.268. The normalized spacial score (nSPS) is 11.7. The Labute approximate surface area is 173 Å². The van der Waals surface area contributed by atoms with E-state index >= 15 is 0 Å². The highest BCUT2D eigenvalue weighted by Crippen LogP contribution is 2.35. The van der Waals surface area contributed by atoms with Crippen molar-refractivity contribution in [2.45, 2.75) is 4.90 Å². The molecule has 0 bridgehead atoms. The summed E-state index contributed by atoms with van der Waals surface area (Å²) < 4.78 is 28.8. The van der Waals surface area contributed by atoms with Gasteiger partial charge in [0.25, 0.3) is 10.0 Å². The van der Waals surface area contributed by atoms with Crippen LogP contribution in [-0.4, -0.2) is 26.5 Å². The molecule has 0 aliphatic carbocycles. The summed E-state index contributed by atoms with van der Waals surface area (Å²) in [5.41, 5.74) is 3.58. The van der Waals surface area contributed by atoms with E-state index in [-0.39, 0.29) is 4.90 Å². The first-order valence-electron chi connectivity index (χ1n) is 8.77. The van der Waals surface area contributed by atoms with E-state index in [1.54, 1.807) is 30.5 Å². The minimum Gasteiger partial charge on any atom is -0.378 e. The molecule has 4 nitrogen and oxygen atoms in total. The smallest absolute Gasteiger partial charge is 0.268 e. The monoisotopic (exact) mass is 454 g/mol. The molecule has 0 unspecified atom stereocenters. The molecule has 0 aliphatic heterocycles. The maximum atomic E-state index is 13.3. The number of hydrogen-bond donors (Lipinski definition) is 0. The number of nitrogens with zero attached hydrogens (tertiary/aromatic N) is 2. The lowest BCUT2D eigenvalue weighted by Gasteiger charge is -2.12. The zero-order chi connectivity index (χ0) is 19.9.